The quantitative estimate of drug-likeness (QED) is 0.123. The van der Waals surface area contributed by atoms with E-state index < -0.39 is 8.07 Å². The number of alkyl halides is 1. The molecule has 0 N–H and O–H groups in total. The molecule has 1 saturated carbocycles. The Labute approximate surface area is 218 Å². The van der Waals surface area contributed by atoms with Gasteiger partial charge in [0.2, 0.25) is 0 Å². The molecule has 35 heavy (non-hydrogen) atoms. The predicted octanol–water partition coefficient (Wildman–Crippen LogP) is 7.56. The number of rotatable bonds is 9. The van der Waals surface area contributed by atoms with Crippen LogP contribution < -0.4 is 15.6 Å². The molecule has 0 radical (unpaired) electrons. The van der Waals surface area contributed by atoms with Crippen LogP contribution in [0.15, 0.2) is 113 Å². The highest BCUT2D eigenvalue weighted by Crippen LogP contribution is 2.37. The minimum atomic E-state index is -2.55. The summed E-state index contributed by atoms with van der Waals surface area (Å²) in [7, 11) is -2.55. The third kappa shape index (κ3) is 5.73. The van der Waals surface area contributed by atoms with Gasteiger partial charge in [-0.25, -0.2) is 0 Å². The first-order valence-electron chi connectivity index (χ1n) is 13.3. The van der Waals surface area contributed by atoms with E-state index in [0.717, 1.165) is 12.8 Å². The smallest absolute Gasteiger partial charge is 0.122 e. The summed E-state index contributed by atoms with van der Waals surface area (Å²) >= 11 is 7.12. The van der Waals surface area contributed by atoms with E-state index in [1.807, 2.05) is 0 Å². The van der Waals surface area contributed by atoms with Gasteiger partial charge in [0.15, 0.2) is 8.07 Å². The van der Waals surface area contributed by atoms with E-state index in [0.29, 0.717) is 11.8 Å². The maximum atomic E-state index is 7.12. The second-order valence-electron chi connectivity index (χ2n) is 10.1. The van der Waals surface area contributed by atoms with Crippen molar-refractivity contribution in [1.29, 1.82) is 0 Å². The van der Waals surface area contributed by atoms with E-state index in [4.69, 9.17) is 11.6 Å². The van der Waals surface area contributed by atoms with Gasteiger partial charge in [0, 0.05) is 5.88 Å². The normalized spacial score (nSPS) is 15.4. The lowest BCUT2D eigenvalue weighted by Gasteiger charge is -2.39. The molecule has 1 aliphatic carbocycles. The summed E-state index contributed by atoms with van der Waals surface area (Å²) in [5.74, 6) is 1.23. The zero-order valence-electron chi connectivity index (χ0n) is 21.3. The summed E-state index contributed by atoms with van der Waals surface area (Å²) in [6.45, 7) is 4.42. The zero-order chi connectivity index (χ0) is 24.5. The van der Waals surface area contributed by atoms with Gasteiger partial charge in [-0.15, -0.1) is 11.6 Å². The minimum Gasteiger partial charge on any atom is -0.122 e. The Hall–Kier alpha value is -2.35. The maximum Gasteiger partial charge on any atom is 0.176 e. The average Bonchev–Trinajstić information content (AvgIpc) is 2.92. The Bertz CT molecular complexity index is 1010. The fourth-order valence-electron chi connectivity index (χ4n) is 6.08. The molecule has 0 unspecified atom stereocenters. The standard InChI is InChI=1S/C33H39ClSi/c1-27(2)16-15-25-32(28-17-7-3-8-18-28)33(26-34)35(29-19-9-4-10-20-29,30-21-11-5-12-22-30)31-23-13-6-14-24-31/h4-6,9-14,16,19-24,28H,3,7-8,15,17-18,25-26H2,1-2H3/b33-32-. The molecular formula is C33H39ClSi. The highest BCUT2D eigenvalue weighted by molar-refractivity contribution is 7.16. The molecule has 2 heteroatoms. The van der Waals surface area contributed by atoms with Crippen LogP contribution in [0.5, 0.6) is 0 Å². The second-order valence-corrected chi connectivity index (χ2v) is 14.2. The number of hydrogen-bond acceptors (Lipinski definition) is 0. The second kappa shape index (κ2) is 12.6. The summed E-state index contributed by atoms with van der Waals surface area (Å²) in [5, 5.41) is 5.83. The van der Waals surface area contributed by atoms with Gasteiger partial charge in [0.05, 0.1) is 0 Å². The zero-order valence-corrected chi connectivity index (χ0v) is 23.1. The molecule has 0 amide bonds. The topological polar surface area (TPSA) is 0 Å². The summed E-state index contributed by atoms with van der Waals surface area (Å²) in [4.78, 5) is 0. The monoisotopic (exact) mass is 498 g/mol. The Balaban J connectivity index is 2.06. The molecule has 0 atom stereocenters. The van der Waals surface area contributed by atoms with Crippen LogP contribution in [0, 0.1) is 5.92 Å². The molecule has 0 spiro atoms. The van der Waals surface area contributed by atoms with Crippen LogP contribution in [0.25, 0.3) is 0 Å². The highest BCUT2D eigenvalue weighted by Gasteiger charge is 2.44. The fourth-order valence-corrected chi connectivity index (χ4v) is 12.0. The molecule has 182 valence electrons. The van der Waals surface area contributed by atoms with Crippen molar-refractivity contribution in [1.82, 2.24) is 0 Å². The first-order valence-corrected chi connectivity index (χ1v) is 15.8. The number of allylic oxidation sites excluding steroid dienone is 4. The summed E-state index contributed by atoms with van der Waals surface area (Å²) < 4.78 is 0. The maximum absolute atomic E-state index is 7.12. The van der Waals surface area contributed by atoms with Gasteiger partial charge in [0.1, 0.15) is 0 Å². The molecule has 1 aliphatic rings. The van der Waals surface area contributed by atoms with Gasteiger partial charge in [-0.3, -0.25) is 0 Å². The molecule has 4 rings (SSSR count). The van der Waals surface area contributed by atoms with Gasteiger partial charge >= 0.3 is 0 Å². The number of hydrogen-bond donors (Lipinski definition) is 0. The van der Waals surface area contributed by atoms with E-state index in [1.165, 1.54) is 58.4 Å². The van der Waals surface area contributed by atoms with Crippen molar-refractivity contribution in [2.75, 3.05) is 5.88 Å². The van der Waals surface area contributed by atoms with Crippen molar-refractivity contribution in [2.24, 2.45) is 5.92 Å². The number of halogens is 1. The van der Waals surface area contributed by atoms with Crippen LogP contribution in [0.3, 0.4) is 0 Å². The van der Waals surface area contributed by atoms with Crippen molar-refractivity contribution in [2.45, 2.75) is 58.8 Å². The van der Waals surface area contributed by atoms with E-state index in [-0.39, 0.29) is 0 Å². The van der Waals surface area contributed by atoms with E-state index in [1.54, 1.807) is 5.57 Å². The molecule has 0 bridgehead atoms. The minimum absolute atomic E-state index is 0.589. The third-order valence-corrected chi connectivity index (χ3v) is 13.2. The third-order valence-electron chi connectivity index (χ3n) is 7.66. The molecular weight excluding hydrogens is 460 g/mol. The Morgan fingerprint density at radius 2 is 1.20 bits per heavy atom. The molecule has 0 aliphatic heterocycles. The van der Waals surface area contributed by atoms with E-state index in [9.17, 15) is 0 Å². The van der Waals surface area contributed by atoms with Gasteiger partial charge in [-0.1, -0.05) is 133 Å². The van der Waals surface area contributed by atoms with Crippen LogP contribution >= 0.6 is 11.6 Å². The SMILES string of the molecule is CC(C)=CCC/C(=C(\CCl)[Si](c1ccccc1)(c1ccccc1)c1ccccc1)C1CCCCC1. The van der Waals surface area contributed by atoms with Gasteiger partial charge in [0.25, 0.3) is 0 Å². The lowest BCUT2D eigenvalue weighted by molar-refractivity contribution is 0.394. The number of benzene rings is 3. The summed E-state index contributed by atoms with van der Waals surface area (Å²) in [6, 6.07) is 33.8. The van der Waals surface area contributed by atoms with E-state index >= 15 is 0 Å². The van der Waals surface area contributed by atoms with Crippen molar-refractivity contribution in [3.8, 4) is 0 Å². The highest BCUT2D eigenvalue weighted by atomic mass is 35.5. The molecule has 3 aromatic carbocycles. The lowest BCUT2D eigenvalue weighted by Crippen LogP contribution is -2.69. The Morgan fingerprint density at radius 1 is 0.743 bits per heavy atom. The van der Waals surface area contributed by atoms with Crippen molar-refractivity contribution in [3.63, 3.8) is 0 Å². The van der Waals surface area contributed by atoms with Crippen molar-refractivity contribution < 1.29 is 0 Å². The summed E-state index contributed by atoms with van der Waals surface area (Å²) in [5.41, 5.74) is 3.05. The first-order chi connectivity index (χ1) is 17.2. The Kier molecular flexibility index (Phi) is 9.23. The lowest BCUT2D eigenvalue weighted by atomic mass is 9.82. The molecule has 0 aromatic heterocycles. The van der Waals surface area contributed by atoms with Crippen LogP contribution in [0.1, 0.15) is 58.8 Å². The molecule has 0 saturated heterocycles. The molecule has 0 nitrogen and oxygen atoms in total. The first kappa shape index (κ1) is 25.7. The van der Waals surface area contributed by atoms with Crippen molar-refractivity contribution >= 4 is 35.2 Å². The van der Waals surface area contributed by atoms with Gasteiger partial charge in [-0.05, 0) is 61.0 Å². The summed E-state index contributed by atoms with van der Waals surface area (Å²) in [6.07, 6.45) is 11.3. The Morgan fingerprint density at radius 3 is 1.60 bits per heavy atom. The van der Waals surface area contributed by atoms with Crippen LogP contribution in [-0.4, -0.2) is 14.0 Å². The predicted molar refractivity (Wildman–Crippen MR) is 157 cm³/mol. The van der Waals surface area contributed by atoms with E-state index in [2.05, 4.69) is 111 Å². The molecule has 3 aromatic rings. The molecule has 1 fully saturated rings. The van der Waals surface area contributed by atoms with Crippen LogP contribution in [0.4, 0.5) is 0 Å². The molecule has 0 heterocycles. The van der Waals surface area contributed by atoms with Crippen molar-refractivity contribution in [3.05, 3.63) is 113 Å². The van der Waals surface area contributed by atoms with Gasteiger partial charge < -0.3 is 0 Å². The van der Waals surface area contributed by atoms with Crippen LogP contribution in [-0.2, 0) is 0 Å². The van der Waals surface area contributed by atoms with Gasteiger partial charge in [-0.2, -0.15) is 0 Å². The van der Waals surface area contributed by atoms with Crippen LogP contribution in [0.2, 0.25) is 0 Å². The fraction of sp³-hybridized carbons (Fsp3) is 0.333. The average molecular weight is 499 g/mol. The largest absolute Gasteiger partial charge is 0.176 e.